The van der Waals surface area contributed by atoms with Gasteiger partial charge in [0.2, 0.25) is 15.9 Å². The van der Waals surface area contributed by atoms with E-state index in [1.807, 2.05) is 0 Å². The summed E-state index contributed by atoms with van der Waals surface area (Å²) >= 11 is 0. The fraction of sp³-hybridized carbons (Fsp3) is 0.889. The molecule has 0 fully saturated rings. The largest absolute Gasteiger partial charge is 0.396 e. The molecule has 0 radical (unpaired) electrons. The molecule has 0 aromatic carbocycles. The standard InChI is InChI=1S/C9H20N2O4S/c1-11(2)16(14,15)8-6-10-9(13)5-3-4-7-12/h12H,3-8H2,1-2H3,(H,10,13). The quantitative estimate of drug-likeness (QED) is 0.551. The Morgan fingerprint density at radius 2 is 1.94 bits per heavy atom. The van der Waals surface area contributed by atoms with E-state index in [1.165, 1.54) is 14.1 Å². The molecular weight excluding hydrogens is 232 g/mol. The Balaban J connectivity index is 3.70. The molecule has 0 aliphatic rings. The Hall–Kier alpha value is -0.660. The van der Waals surface area contributed by atoms with E-state index in [1.54, 1.807) is 0 Å². The van der Waals surface area contributed by atoms with E-state index in [-0.39, 0.29) is 24.8 Å². The molecule has 0 aliphatic carbocycles. The molecule has 2 N–H and O–H groups in total. The van der Waals surface area contributed by atoms with Crippen molar-refractivity contribution in [2.75, 3.05) is 33.0 Å². The van der Waals surface area contributed by atoms with Crippen LogP contribution in [0.2, 0.25) is 0 Å². The predicted molar refractivity (Wildman–Crippen MR) is 61.4 cm³/mol. The molecule has 1 amide bonds. The molecule has 0 heterocycles. The van der Waals surface area contributed by atoms with Gasteiger partial charge < -0.3 is 10.4 Å². The second-order valence-corrected chi connectivity index (χ2v) is 5.93. The molecule has 0 unspecified atom stereocenters. The van der Waals surface area contributed by atoms with Gasteiger partial charge in [-0.1, -0.05) is 0 Å². The van der Waals surface area contributed by atoms with Crippen molar-refractivity contribution in [2.45, 2.75) is 19.3 Å². The van der Waals surface area contributed by atoms with Gasteiger partial charge in [0.1, 0.15) is 0 Å². The maximum Gasteiger partial charge on any atom is 0.220 e. The molecule has 0 aromatic heterocycles. The van der Waals surface area contributed by atoms with E-state index in [2.05, 4.69) is 5.32 Å². The number of carbonyl (C=O) groups excluding carboxylic acids is 1. The minimum Gasteiger partial charge on any atom is -0.396 e. The Bertz CT molecular complexity index is 301. The second kappa shape index (κ2) is 7.59. The van der Waals surface area contributed by atoms with Crippen LogP contribution in [0.3, 0.4) is 0 Å². The summed E-state index contributed by atoms with van der Waals surface area (Å²) in [5.41, 5.74) is 0. The molecular formula is C9H20N2O4S. The summed E-state index contributed by atoms with van der Waals surface area (Å²) < 4.78 is 23.8. The SMILES string of the molecule is CN(C)S(=O)(=O)CCNC(=O)CCCCO. The van der Waals surface area contributed by atoms with E-state index in [4.69, 9.17) is 5.11 Å². The summed E-state index contributed by atoms with van der Waals surface area (Å²) in [7, 11) is -0.327. The van der Waals surface area contributed by atoms with Crippen LogP contribution >= 0.6 is 0 Å². The fourth-order valence-electron chi connectivity index (χ4n) is 0.988. The molecule has 0 spiro atoms. The third-order valence-corrected chi connectivity index (χ3v) is 3.88. The molecule has 96 valence electrons. The van der Waals surface area contributed by atoms with Crippen molar-refractivity contribution < 1.29 is 18.3 Å². The molecule has 0 aromatic rings. The highest BCUT2D eigenvalue weighted by atomic mass is 32.2. The number of aliphatic hydroxyl groups excluding tert-OH is 1. The topological polar surface area (TPSA) is 86.7 Å². The fourth-order valence-corrected chi connectivity index (χ4v) is 1.71. The van der Waals surface area contributed by atoms with Crippen molar-refractivity contribution in [3.05, 3.63) is 0 Å². The Labute approximate surface area is 96.7 Å². The highest BCUT2D eigenvalue weighted by Gasteiger charge is 2.13. The number of nitrogens with one attached hydrogen (secondary N) is 1. The Kier molecular flexibility index (Phi) is 7.27. The van der Waals surface area contributed by atoms with E-state index >= 15 is 0 Å². The lowest BCUT2D eigenvalue weighted by molar-refractivity contribution is -0.121. The van der Waals surface area contributed by atoms with E-state index in [0.29, 0.717) is 19.3 Å². The predicted octanol–water partition coefficient (Wildman–Crippen LogP) is -0.843. The highest BCUT2D eigenvalue weighted by molar-refractivity contribution is 7.89. The molecule has 6 nitrogen and oxygen atoms in total. The van der Waals surface area contributed by atoms with E-state index in [9.17, 15) is 13.2 Å². The van der Waals surface area contributed by atoms with Crippen LogP contribution in [0.1, 0.15) is 19.3 Å². The third-order valence-electron chi connectivity index (χ3n) is 2.05. The van der Waals surface area contributed by atoms with Crippen LogP contribution in [0, 0.1) is 0 Å². The first kappa shape index (κ1) is 15.3. The lowest BCUT2D eigenvalue weighted by Crippen LogP contribution is -2.33. The van der Waals surface area contributed by atoms with Crippen LogP contribution in [0.25, 0.3) is 0 Å². The van der Waals surface area contributed by atoms with Crippen LogP contribution in [0.4, 0.5) is 0 Å². The van der Waals surface area contributed by atoms with Crippen LogP contribution < -0.4 is 5.32 Å². The minimum absolute atomic E-state index is 0.0717. The number of aliphatic hydroxyl groups is 1. The zero-order valence-electron chi connectivity index (χ0n) is 9.77. The summed E-state index contributed by atoms with van der Waals surface area (Å²) in [5, 5.41) is 11.0. The van der Waals surface area contributed by atoms with Gasteiger partial charge >= 0.3 is 0 Å². The number of carbonyl (C=O) groups is 1. The molecule has 0 atom stereocenters. The van der Waals surface area contributed by atoms with Gasteiger partial charge in [-0.05, 0) is 12.8 Å². The lowest BCUT2D eigenvalue weighted by Gasteiger charge is -2.11. The summed E-state index contributed by atoms with van der Waals surface area (Å²) in [5.74, 6) is -0.270. The maximum atomic E-state index is 11.3. The van der Waals surface area contributed by atoms with Crippen molar-refractivity contribution >= 4 is 15.9 Å². The molecule has 0 aliphatic heterocycles. The summed E-state index contributed by atoms with van der Waals surface area (Å²) in [6, 6.07) is 0. The van der Waals surface area contributed by atoms with Crippen molar-refractivity contribution in [1.82, 2.24) is 9.62 Å². The number of sulfonamides is 1. The van der Waals surface area contributed by atoms with Gasteiger partial charge in [0.15, 0.2) is 0 Å². The van der Waals surface area contributed by atoms with Gasteiger partial charge in [-0.25, -0.2) is 12.7 Å². The molecule has 7 heteroatoms. The molecule has 0 saturated heterocycles. The Morgan fingerprint density at radius 3 is 2.44 bits per heavy atom. The number of rotatable bonds is 8. The lowest BCUT2D eigenvalue weighted by atomic mass is 10.2. The van der Waals surface area contributed by atoms with Gasteiger partial charge in [-0.2, -0.15) is 0 Å². The summed E-state index contributed by atoms with van der Waals surface area (Å²) in [4.78, 5) is 11.2. The number of hydrogen-bond donors (Lipinski definition) is 2. The third kappa shape index (κ3) is 6.76. The average Bonchev–Trinajstić information content (AvgIpc) is 2.17. The monoisotopic (exact) mass is 252 g/mol. The molecule has 0 rings (SSSR count). The van der Waals surface area contributed by atoms with Gasteiger partial charge in [0, 0.05) is 33.7 Å². The second-order valence-electron chi connectivity index (χ2n) is 3.63. The first-order valence-electron chi connectivity index (χ1n) is 5.18. The van der Waals surface area contributed by atoms with Gasteiger partial charge in [0.05, 0.1) is 5.75 Å². The molecule has 0 bridgehead atoms. The molecule has 0 saturated carbocycles. The normalized spacial score (nSPS) is 11.8. The number of hydrogen-bond acceptors (Lipinski definition) is 4. The van der Waals surface area contributed by atoms with Crippen LogP contribution in [-0.4, -0.2) is 56.7 Å². The number of amides is 1. The summed E-state index contributed by atoms with van der Waals surface area (Å²) in [6.07, 6.45) is 1.52. The van der Waals surface area contributed by atoms with Crippen LogP contribution in [0.5, 0.6) is 0 Å². The van der Waals surface area contributed by atoms with Gasteiger partial charge in [-0.15, -0.1) is 0 Å². The molecule has 16 heavy (non-hydrogen) atoms. The summed E-state index contributed by atoms with van der Waals surface area (Å²) in [6.45, 7) is 0.195. The van der Waals surface area contributed by atoms with Gasteiger partial charge in [-0.3, -0.25) is 4.79 Å². The zero-order valence-corrected chi connectivity index (χ0v) is 10.6. The Morgan fingerprint density at radius 1 is 1.31 bits per heavy atom. The highest BCUT2D eigenvalue weighted by Crippen LogP contribution is 1.95. The van der Waals surface area contributed by atoms with Crippen molar-refractivity contribution in [1.29, 1.82) is 0 Å². The number of unbranched alkanes of at least 4 members (excludes halogenated alkanes) is 1. The maximum absolute atomic E-state index is 11.3. The van der Waals surface area contributed by atoms with Crippen LogP contribution in [-0.2, 0) is 14.8 Å². The van der Waals surface area contributed by atoms with Crippen molar-refractivity contribution in [2.24, 2.45) is 0 Å². The van der Waals surface area contributed by atoms with Crippen molar-refractivity contribution in [3.8, 4) is 0 Å². The van der Waals surface area contributed by atoms with Crippen LogP contribution in [0.15, 0.2) is 0 Å². The van der Waals surface area contributed by atoms with Crippen molar-refractivity contribution in [3.63, 3.8) is 0 Å². The van der Waals surface area contributed by atoms with E-state index in [0.717, 1.165) is 4.31 Å². The smallest absolute Gasteiger partial charge is 0.220 e. The number of nitrogens with zero attached hydrogens (tertiary/aromatic N) is 1. The average molecular weight is 252 g/mol. The first-order valence-corrected chi connectivity index (χ1v) is 6.79. The minimum atomic E-state index is -3.24. The first-order chi connectivity index (χ1) is 7.40. The zero-order chi connectivity index (χ0) is 12.6. The van der Waals surface area contributed by atoms with E-state index < -0.39 is 10.0 Å². The van der Waals surface area contributed by atoms with Gasteiger partial charge in [0.25, 0.3) is 0 Å².